The van der Waals surface area contributed by atoms with Crippen LogP contribution in [0.2, 0.25) is 0 Å². The van der Waals surface area contributed by atoms with Crippen LogP contribution in [-0.2, 0) is 41.9 Å². The first-order valence-corrected chi connectivity index (χ1v) is 13.7. The molecule has 0 aliphatic carbocycles. The topological polar surface area (TPSA) is 93.2 Å². The maximum absolute atomic E-state index is 13.2. The Balaban J connectivity index is 1.33. The van der Waals surface area contributed by atoms with E-state index in [0.717, 1.165) is 11.1 Å². The molecule has 2 aromatic carbocycles. The van der Waals surface area contributed by atoms with E-state index in [1.165, 1.54) is 0 Å². The number of amides is 2. The third-order valence-corrected chi connectivity index (χ3v) is 7.28. The fourth-order valence-electron chi connectivity index (χ4n) is 5.01. The van der Waals surface area contributed by atoms with Gasteiger partial charge in [0.05, 0.1) is 0 Å². The number of likely N-dealkylation sites (tertiary alicyclic amines) is 2. The van der Waals surface area contributed by atoms with Crippen LogP contribution < -0.4 is 0 Å². The van der Waals surface area contributed by atoms with Crippen LogP contribution in [0.1, 0.15) is 50.7 Å². The monoisotopic (exact) mass is 544 g/mol. The molecule has 2 unspecified atom stereocenters. The quantitative estimate of drug-likeness (QED) is 0.265. The maximum Gasteiger partial charge on any atom is 0.329 e. The Bertz CT molecular complexity index is 1170. The molecule has 0 spiro atoms. The lowest BCUT2D eigenvalue weighted by atomic mass is 10.1. The van der Waals surface area contributed by atoms with Crippen LogP contribution in [0.5, 0.6) is 0 Å². The van der Waals surface area contributed by atoms with Gasteiger partial charge in [0.25, 0.3) is 0 Å². The Morgan fingerprint density at radius 1 is 0.675 bits per heavy atom. The summed E-state index contributed by atoms with van der Waals surface area (Å²) < 4.78 is 11.0. The van der Waals surface area contributed by atoms with Crippen LogP contribution in [0, 0.1) is 0 Å². The van der Waals surface area contributed by atoms with Crippen LogP contribution in [0.3, 0.4) is 0 Å². The first-order valence-electron chi connectivity index (χ1n) is 13.7. The summed E-state index contributed by atoms with van der Waals surface area (Å²) in [5.74, 6) is -1.36. The van der Waals surface area contributed by atoms with E-state index in [9.17, 15) is 19.2 Å². The lowest BCUT2D eigenvalue weighted by Crippen LogP contribution is -2.42. The molecule has 2 saturated heterocycles. The summed E-state index contributed by atoms with van der Waals surface area (Å²) in [6.07, 6.45) is 5.73. The number of esters is 2. The number of benzene rings is 2. The minimum atomic E-state index is -0.626. The average molecular weight is 545 g/mol. The van der Waals surface area contributed by atoms with Crippen molar-refractivity contribution in [3.63, 3.8) is 0 Å². The van der Waals surface area contributed by atoms with Gasteiger partial charge in [-0.05, 0) is 50.7 Å². The summed E-state index contributed by atoms with van der Waals surface area (Å²) >= 11 is 0. The molecule has 40 heavy (non-hydrogen) atoms. The van der Waals surface area contributed by atoms with Gasteiger partial charge in [0.2, 0.25) is 11.8 Å². The molecule has 210 valence electrons. The van der Waals surface area contributed by atoms with Gasteiger partial charge in [0, 0.05) is 24.2 Å². The van der Waals surface area contributed by atoms with Crippen molar-refractivity contribution >= 4 is 23.8 Å². The van der Waals surface area contributed by atoms with E-state index in [2.05, 4.69) is 0 Å². The number of hydrogen-bond donors (Lipinski definition) is 0. The summed E-state index contributed by atoms with van der Waals surface area (Å²) in [6.45, 7) is 4.60. The van der Waals surface area contributed by atoms with Gasteiger partial charge >= 0.3 is 11.9 Å². The summed E-state index contributed by atoms with van der Waals surface area (Å²) in [5.41, 5.74) is 2.60. The lowest BCUT2D eigenvalue weighted by molar-refractivity contribution is -0.153. The third-order valence-electron chi connectivity index (χ3n) is 7.28. The van der Waals surface area contributed by atoms with E-state index in [4.69, 9.17) is 9.47 Å². The maximum atomic E-state index is 13.2. The Morgan fingerprint density at radius 2 is 1.05 bits per heavy atom. The molecule has 2 aliphatic heterocycles. The fraction of sp³-hybridized carbons (Fsp3) is 0.375. The van der Waals surface area contributed by atoms with Crippen molar-refractivity contribution in [3.8, 4) is 0 Å². The molecule has 8 nitrogen and oxygen atoms in total. The van der Waals surface area contributed by atoms with Crippen molar-refractivity contribution in [3.05, 3.63) is 95.1 Å². The van der Waals surface area contributed by atoms with Gasteiger partial charge in [-0.1, -0.05) is 72.8 Å². The largest absolute Gasteiger partial charge is 0.459 e. The first kappa shape index (κ1) is 28.8. The van der Waals surface area contributed by atoms with Gasteiger partial charge < -0.3 is 19.3 Å². The number of carbonyl (C=O) groups excluding carboxylic acids is 4. The molecule has 0 radical (unpaired) electrons. The first-order chi connectivity index (χ1) is 19.3. The van der Waals surface area contributed by atoms with E-state index < -0.39 is 24.0 Å². The summed E-state index contributed by atoms with van der Waals surface area (Å²) in [4.78, 5) is 54.9. The highest BCUT2D eigenvalue weighted by atomic mass is 16.5. The standard InChI is InChI=1S/C32H36N2O6/c1-23(29(35)33-19-9-15-27(33)31(37)39-21-25-11-5-3-6-12-25)17-18-24(2)30(36)34-20-10-16-28(34)32(38)40-22-26-13-7-4-8-14-26/h3-8,11-14,17-18,27-28H,9-10,15-16,19-22H2,1-2H3. The highest BCUT2D eigenvalue weighted by Crippen LogP contribution is 2.23. The van der Waals surface area contributed by atoms with E-state index in [-0.39, 0.29) is 25.0 Å². The number of allylic oxidation sites excluding steroid dienone is 2. The van der Waals surface area contributed by atoms with E-state index in [0.29, 0.717) is 49.9 Å². The molecule has 0 saturated carbocycles. The highest BCUT2D eigenvalue weighted by molar-refractivity contribution is 5.98. The smallest absolute Gasteiger partial charge is 0.329 e. The fourth-order valence-corrected chi connectivity index (χ4v) is 5.01. The highest BCUT2D eigenvalue weighted by Gasteiger charge is 2.37. The van der Waals surface area contributed by atoms with Crippen LogP contribution in [0.25, 0.3) is 0 Å². The van der Waals surface area contributed by atoms with E-state index in [1.807, 2.05) is 60.7 Å². The molecule has 2 heterocycles. The molecule has 2 fully saturated rings. The number of rotatable bonds is 9. The molecule has 8 heteroatoms. The van der Waals surface area contributed by atoms with Crippen LogP contribution in [0.15, 0.2) is 84.0 Å². The normalized spacial score (nSPS) is 19.4. The van der Waals surface area contributed by atoms with Gasteiger partial charge in [0.15, 0.2) is 0 Å². The van der Waals surface area contributed by atoms with Gasteiger partial charge in [-0.15, -0.1) is 0 Å². The molecule has 2 atom stereocenters. The van der Waals surface area contributed by atoms with Crippen LogP contribution >= 0.6 is 0 Å². The predicted octanol–water partition coefficient (Wildman–Crippen LogP) is 4.35. The second kappa shape index (κ2) is 13.7. The van der Waals surface area contributed by atoms with Crippen molar-refractivity contribution in [1.82, 2.24) is 9.80 Å². The Kier molecular flexibility index (Phi) is 9.89. The second-order valence-electron chi connectivity index (χ2n) is 10.2. The summed E-state index contributed by atoms with van der Waals surface area (Å²) in [6, 6.07) is 17.6. The third kappa shape index (κ3) is 7.25. The lowest BCUT2D eigenvalue weighted by Gasteiger charge is -2.24. The molecule has 2 amide bonds. The second-order valence-corrected chi connectivity index (χ2v) is 10.2. The zero-order chi connectivity index (χ0) is 28.5. The molecule has 2 aromatic rings. The molecular weight excluding hydrogens is 508 g/mol. The minimum absolute atomic E-state index is 0.161. The number of hydrogen-bond acceptors (Lipinski definition) is 6. The minimum Gasteiger partial charge on any atom is -0.459 e. The molecule has 4 rings (SSSR count). The summed E-state index contributed by atoms with van der Waals surface area (Å²) in [5, 5.41) is 0. The van der Waals surface area contributed by atoms with E-state index in [1.54, 1.807) is 35.8 Å². The number of nitrogens with zero attached hydrogens (tertiary/aromatic N) is 2. The van der Waals surface area contributed by atoms with Crippen molar-refractivity contribution in [2.24, 2.45) is 0 Å². The van der Waals surface area contributed by atoms with E-state index >= 15 is 0 Å². The van der Waals surface area contributed by atoms with Gasteiger partial charge in [-0.25, -0.2) is 9.59 Å². The number of ether oxygens (including phenoxy) is 2. The molecule has 0 aromatic heterocycles. The van der Waals surface area contributed by atoms with Gasteiger partial charge in [-0.2, -0.15) is 0 Å². The zero-order valence-electron chi connectivity index (χ0n) is 23.1. The van der Waals surface area contributed by atoms with Crippen molar-refractivity contribution in [2.75, 3.05) is 13.1 Å². The zero-order valence-corrected chi connectivity index (χ0v) is 23.1. The molecule has 0 N–H and O–H groups in total. The van der Waals surface area contributed by atoms with Crippen molar-refractivity contribution in [2.45, 2.75) is 64.8 Å². The van der Waals surface area contributed by atoms with Crippen LogP contribution in [0.4, 0.5) is 0 Å². The Morgan fingerprint density at radius 3 is 1.43 bits per heavy atom. The van der Waals surface area contributed by atoms with Crippen LogP contribution in [-0.4, -0.2) is 58.7 Å². The van der Waals surface area contributed by atoms with Crippen molar-refractivity contribution < 1.29 is 28.7 Å². The van der Waals surface area contributed by atoms with Gasteiger partial charge in [0.1, 0.15) is 25.3 Å². The molecule has 2 aliphatic rings. The Labute approximate surface area is 235 Å². The molecule has 0 bridgehead atoms. The van der Waals surface area contributed by atoms with Crippen molar-refractivity contribution in [1.29, 1.82) is 0 Å². The SMILES string of the molecule is CC(=CC=C(C)C(=O)N1CCCC1C(=O)OCc1ccccc1)C(=O)N1CCCC1C(=O)OCc1ccccc1. The summed E-state index contributed by atoms with van der Waals surface area (Å²) in [7, 11) is 0. The predicted molar refractivity (Wildman–Crippen MR) is 149 cm³/mol. The Hall–Kier alpha value is -4.20. The molecular formula is C32H36N2O6. The average Bonchev–Trinajstić information content (AvgIpc) is 3.68. The van der Waals surface area contributed by atoms with Gasteiger partial charge in [-0.3, -0.25) is 9.59 Å². The number of carbonyl (C=O) groups is 4.